The van der Waals surface area contributed by atoms with Gasteiger partial charge in [0.05, 0.1) is 21.3 Å². The first kappa shape index (κ1) is 17.7. The fourth-order valence-corrected chi connectivity index (χ4v) is 2.74. The van der Waals surface area contributed by atoms with E-state index in [2.05, 4.69) is 5.32 Å². The number of amides is 1. The van der Waals surface area contributed by atoms with Gasteiger partial charge in [-0.3, -0.25) is 4.79 Å². The Morgan fingerprint density at radius 1 is 1.00 bits per heavy atom. The Kier molecular flexibility index (Phi) is 5.36. The van der Waals surface area contributed by atoms with Crippen LogP contribution in [0.3, 0.4) is 0 Å². The van der Waals surface area contributed by atoms with Gasteiger partial charge in [-0.1, -0.05) is 0 Å². The third-order valence-electron chi connectivity index (χ3n) is 4.02. The predicted molar refractivity (Wildman–Crippen MR) is 95.6 cm³/mol. The first-order chi connectivity index (χ1) is 12.6. The van der Waals surface area contributed by atoms with Gasteiger partial charge in [0.25, 0.3) is 0 Å². The number of methoxy groups -OCH3 is 3. The van der Waals surface area contributed by atoms with E-state index in [0.717, 1.165) is 5.56 Å². The number of carbonyl (C=O) groups is 1. The lowest BCUT2D eigenvalue weighted by atomic mass is 10.1. The number of hydrogen-bond acceptors (Lipinski definition) is 6. The largest absolute Gasteiger partial charge is 0.493 e. The Morgan fingerprint density at radius 3 is 2.35 bits per heavy atom. The first-order valence-electron chi connectivity index (χ1n) is 8.13. The Hall–Kier alpha value is -3.09. The van der Waals surface area contributed by atoms with Crippen molar-refractivity contribution in [2.75, 3.05) is 33.4 Å². The zero-order valence-corrected chi connectivity index (χ0v) is 15.0. The molecule has 0 aliphatic carbocycles. The van der Waals surface area contributed by atoms with Crippen LogP contribution in [0.25, 0.3) is 0 Å². The minimum Gasteiger partial charge on any atom is -0.493 e. The van der Waals surface area contributed by atoms with Gasteiger partial charge in [-0.25, -0.2) is 0 Å². The molecule has 0 atom stereocenters. The van der Waals surface area contributed by atoms with Crippen LogP contribution in [0.4, 0.5) is 5.69 Å². The summed E-state index contributed by atoms with van der Waals surface area (Å²) in [4.78, 5) is 12.2. The molecule has 1 aliphatic heterocycles. The van der Waals surface area contributed by atoms with Crippen LogP contribution in [0.15, 0.2) is 30.3 Å². The Bertz CT molecular complexity index is 780. The molecule has 0 saturated heterocycles. The van der Waals surface area contributed by atoms with Crippen molar-refractivity contribution in [3.63, 3.8) is 0 Å². The number of rotatable bonds is 7. The molecular formula is C19H21NO6. The minimum absolute atomic E-state index is 0.0994. The number of benzene rings is 2. The van der Waals surface area contributed by atoms with Gasteiger partial charge in [0, 0.05) is 18.2 Å². The second kappa shape index (κ2) is 7.86. The third kappa shape index (κ3) is 3.77. The highest BCUT2D eigenvalue weighted by atomic mass is 16.7. The van der Waals surface area contributed by atoms with Crippen molar-refractivity contribution in [3.05, 3.63) is 35.9 Å². The van der Waals surface area contributed by atoms with E-state index in [-0.39, 0.29) is 12.7 Å². The minimum atomic E-state index is -0.0994. The van der Waals surface area contributed by atoms with E-state index in [0.29, 0.717) is 47.3 Å². The van der Waals surface area contributed by atoms with Crippen molar-refractivity contribution in [2.45, 2.75) is 12.8 Å². The Labute approximate surface area is 151 Å². The molecule has 0 unspecified atom stereocenters. The van der Waals surface area contributed by atoms with Crippen molar-refractivity contribution in [2.24, 2.45) is 0 Å². The first-order valence-corrected chi connectivity index (χ1v) is 8.13. The van der Waals surface area contributed by atoms with E-state index in [1.54, 1.807) is 39.5 Å². The molecular weight excluding hydrogens is 338 g/mol. The quantitative estimate of drug-likeness (QED) is 0.819. The maximum atomic E-state index is 12.2. The van der Waals surface area contributed by atoms with Crippen molar-refractivity contribution >= 4 is 11.6 Å². The topological polar surface area (TPSA) is 75.3 Å². The Morgan fingerprint density at radius 2 is 1.69 bits per heavy atom. The van der Waals surface area contributed by atoms with Gasteiger partial charge in [0.15, 0.2) is 23.0 Å². The van der Waals surface area contributed by atoms with Gasteiger partial charge >= 0.3 is 0 Å². The molecule has 7 nitrogen and oxygen atoms in total. The number of aryl methyl sites for hydroxylation is 1. The monoisotopic (exact) mass is 359 g/mol. The molecule has 0 spiro atoms. The summed E-state index contributed by atoms with van der Waals surface area (Å²) in [5, 5.41) is 2.86. The highest BCUT2D eigenvalue weighted by Gasteiger charge is 2.16. The standard InChI is InChI=1S/C19H21NO6/c1-22-16-8-12(9-17(23-2)19(16)24-3)4-7-18(21)20-13-5-6-14-15(10-13)26-11-25-14/h5-6,8-10H,4,7,11H2,1-3H3,(H,20,21). The van der Waals surface area contributed by atoms with Crippen molar-refractivity contribution in [3.8, 4) is 28.7 Å². The number of carbonyl (C=O) groups excluding carboxylic acids is 1. The Balaban J connectivity index is 1.64. The third-order valence-corrected chi connectivity index (χ3v) is 4.02. The van der Waals surface area contributed by atoms with E-state index in [9.17, 15) is 4.79 Å². The summed E-state index contributed by atoms with van der Waals surface area (Å²) in [5.74, 6) is 2.88. The van der Waals surface area contributed by atoms with Crippen LogP contribution in [0.5, 0.6) is 28.7 Å². The predicted octanol–water partition coefficient (Wildman–Crippen LogP) is 3.01. The van der Waals surface area contributed by atoms with Gasteiger partial charge in [0.2, 0.25) is 18.4 Å². The van der Waals surface area contributed by atoms with Gasteiger partial charge in [-0.05, 0) is 36.2 Å². The normalized spacial score (nSPS) is 11.8. The molecule has 1 N–H and O–H groups in total. The average molecular weight is 359 g/mol. The molecule has 7 heteroatoms. The van der Waals surface area contributed by atoms with Crippen LogP contribution in [0, 0.1) is 0 Å². The number of ether oxygens (including phenoxy) is 5. The summed E-state index contributed by atoms with van der Waals surface area (Å²) in [6.45, 7) is 0.202. The van der Waals surface area contributed by atoms with Crippen LogP contribution in [-0.2, 0) is 11.2 Å². The fraction of sp³-hybridized carbons (Fsp3) is 0.316. The van der Waals surface area contributed by atoms with Crippen LogP contribution >= 0.6 is 0 Å². The van der Waals surface area contributed by atoms with E-state index < -0.39 is 0 Å². The number of anilines is 1. The average Bonchev–Trinajstić information content (AvgIpc) is 3.13. The van der Waals surface area contributed by atoms with E-state index in [1.807, 2.05) is 12.1 Å². The molecule has 0 bridgehead atoms. The van der Waals surface area contributed by atoms with Crippen LogP contribution < -0.4 is 29.0 Å². The van der Waals surface area contributed by atoms with E-state index in [4.69, 9.17) is 23.7 Å². The molecule has 138 valence electrons. The summed E-state index contributed by atoms with van der Waals surface area (Å²) in [5.41, 5.74) is 1.59. The summed E-state index contributed by atoms with van der Waals surface area (Å²) >= 11 is 0. The molecule has 2 aromatic carbocycles. The molecule has 1 heterocycles. The smallest absolute Gasteiger partial charge is 0.231 e. The molecule has 0 aromatic heterocycles. The van der Waals surface area contributed by atoms with Crippen molar-refractivity contribution in [1.82, 2.24) is 0 Å². The highest BCUT2D eigenvalue weighted by Crippen LogP contribution is 2.38. The maximum Gasteiger partial charge on any atom is 0.231 e. The molecule has 0 radical (unpaired) electrons. The second-order valence-corrected chi connectivity index (χ2v) is 5.65. The SMILES string of the molecule is COc1cc(CCC(=O)Nc2ccc3c(c2)OCO3)cc(OC)c1OC. The molecule has 0 fully saturated rings. The van der Waals surface area contributed by atoms with Gasteiger partial charge < -0.3 is 29.0 Å². The lowest BCUT2D eigenvalue weighted by Crippen LogP contribution is -2.12. The van der Waals surface area contributed by atoms with E-state index >= 15 is 0 Å². The highest BCUT2D eigenvalue weighted by molar-refractivity contribution is 5.91. The number of hydrogen-bond donors (Lipinski definition) is 1. The zero-order valence-electron chi connectivity index (χ0n) is 15.0. The zero-order chi connectivity index (χ0) is 18.5. The number of nitrogens with one attached hydrogen (secondary N) is 1. The van der Waals surface area contributed by atoms with Crippen molar-refractivity contribution < 1.29 is 28.5 Å². The molecule has 2 aromatic rings. The summed E-state index contributed by atoms with van der Waals surface area (Å²) in [6.07, 6.45) is 0.847. The molecule has 26 heavy (non-hydrogen) atoms. The lowest BCUT2D eigenvalue weighted by Gasteiger charge is -2.14. The molecule has 1 amide bonds. The van der Waals surface area contributed by atoms with Gasteiger partial charge in [-0.15, -0.1) is 0 Å². The van der Waals surface area contributed by atoms with Gasteiger partial charge in [-0.2, -0.15) is 0 Å². The maximum absolute atomic E-state index is 12.2. The summed E-state index contributed by atoms with van der Waals surface area (Å²) in [6, 6.07) is 8.99. The van der Waals surface area contributed by atoms with Crippen LogP contribution in [0.1, 0.15) is 12.0 Å². The molecule has 0 saturated carbocycles. The number of fused-ring (bicyclic) bond motifs is 1. The van der Waals surface area contributed by atoms with Crippen LogP contribution in [-0.4, -0.2) is 34.0 Å². The second-order valence-electron chi connectivity index (χ2n) is 5.65. The molecule has 1 aliphatic rings. The van der Waals surface area contributed by atoms with Crippen LogP contribution in [0.2, 0.25) is 0 Å². The van der Waals surface area contributed by atoms with E-state index in [1.165, 1.54) is 0 Å². The fourth-order valence-electron chi connectivity index (χ4n) is 2.74. The van der Waals surface area contributed by atoms with Crippen molar-refractivity contribution in [1.29, 1.82) is 0 Å². The van der Waals surface area contributed by atoms with Gasteiger partial charge in [0.1, 0.15) is 0 Å². The summed E-state index contributed by atoms with van der Waals surface area (Å²) < 4.78 is 26.5. The summed E-state index contributed by atoms with van der Waals surface area (Å²) in [7, 11) is 4.68. The lowest BCUT2D eigenvalue weighted by molar-refractivity contribution is -0.116. The molecule has 3 rings (SSSR count).